The molecule has 2 fully saturated rings. The molecule has 0 aliphatic carbocycles. The van der Waals surface area contributed by atoms with Crippen LogP contribution in [0.4, 0.5) is 5.82 Å². The van der Waals surface area contributed by atoms with Crippen molar-refractivity contribution in [3.05, 3.63) is 18.1 Å². The first kappa shape index (κ1) is 11.4. The van der Waals surface area contributed by atoms with Crippen LogP contribution in [0.5, 0.6) is 0 Å². The first-order chi connectivity index (χ1) is 8.65. The summed E-state index contributed by atoms with van der Waals surface area (Å²) in [5, 5.41) is 9.71. The molecule has 2 aliphatic rings. The van der Waals surface area contributed by atoms with Gasteiger partial charge in [0.05, 0.1) is 18.5 Å². The van der Waals surface area contributed by atoms with Gasteiger partial charge >= 0.3 is 0 Å². The zero-order valence-corrected chi connectivity index (χ0v) is 9.99. The lowest BCUT2D eigenvalue weighted by Crippen LogP contribution is -2.48. The van der Waals surface area contributed by atoms with Gasteiger partial charge in [-0.25, -0.2) is 9.97 Å². The number of hydrogen-bond donors (Lipinski definition) is 2. The zero-order chi connectivity index (χ0) is 12.7. The third-order valence-corrected chi connectivity index (χ3v) is 3.83. The molecule has 96 valence electrons. The Morgan fingerprint density at radius 3 is 2.50 bits per heavy atom. The van der Waals surface area contributed by atoms with Gasteiger partial charge in [0.25, 0.3) is 5.91 Å². The molecule has 6 nitrogen and oxygen atoms in total. The summed E-state index contributed by atoms with van der Waals surface area (Å²) in [6.07, 6.45) is 5.82. The number of aliphatic hydroxyl groups excluding tert-OH is 1. The Morgan fingerprint density at radius 1 is 1.28 bits per heavy atom. The number of aliphatic hydroxyl groups is 1. The highest BCUT2D eigenvalue weighted by atomic mass is 16.3. The van der Waals surface area contributed by atoms with Gasteiger partial charge in [0.1, 0.15) is 11.5 Å². The summed E-state index contributed by atoms with van der Waals surface area (Å²) in [5.41, 5.74) is 5.79. The number of piperidine rings is 1. The number of amides is 1. The highest BCUT2D eigenvalue weighted by molar-refractivity contribution is 5.92. The van der Waals surface area contributed by atoms with E-state index in [2.05, 4.69) is 9.97 Å². The van der Waals surface area contributed by atoms with Gasteiger partial charge in [0.15, 0.2) is 0 Å². The van der Waals surface area contributed by atoms with E-state index < -0.39 is 0 Å². The minimum atomic E-state index is -0.274. The molecule has 2 aliphatic heterocycles. The second-order valence-electron chi connectivity index (χ2n) is 5.05. The molecule has 3 N–H and O–H groups in total. The molecule has 2 bridgehead atoms. The summed E-state index contributed by atoms with van der Waals surface area (Å²) in [7, 11) is 0. The van der Waals surface area contributed by atoms with E-state index in [0.717, 1.165) is 12.8 Å². The van der Waals surface area contributed by atoms with E-state index in [1.807, 2.05) is 4.90 Å². The third-order valence-electron chi connectivity index (χ3n) is 3.83. The number of aromatic nitrogens is 2. The molecule has 0 radical (unpaired) electrons. The number of carbonyl (C=O) groups excluding carboxylic acids is 1. The molecular formula is C12H16N4O2. The predicted molar refractivity (Wildman–Crippen MR) is 64.7 cm³/mol. The van der Waals surface area contributed by atoms with Gasteiger partial charge in [-0.1, -0.05) is 0 Å². The smallest absolute Gasteiger partial charge is 0.274 e. The number of nitrogens with two attached hydrogens (primary N) is 1. The fourth-order valence-corrected chi connectivity index (χ4v) is 3.06. The van der Waals surface area contributed by atoms with E-state index in [-0.39, 0.29) is 24.1 Å². The van der Waals surface area contributed by atoms with E-state index in [1.54, 1.807) is 0 Å². The number of rotatable bonds is 1. The van der Waals surface area contributed by atoms with E-state index >= 15 is 0 Å². The summed E-state index contributed by atoms with van der Waals surface area (Å²) in [5.74, 6) is 0.213. The van der Waals surface area contributed by atoms with E-state index in [4.69, 9.17) is 5.73 Å². The van der Waals surface area contributed by atoms with Crippen LogP contribution in [-0.2, 0) is 0 Å². The van der Waals surface area contributed by atoms with E-state index in [1.165, 1.54) is 12.4 Å². The first-order valence-electron chi connectivity index (χ1n) is 6.23. The van der Waals surface area contributed by atoms with Crippen molar-refractivity contribution in [1.82, 2.24) is 14.9 Å². The minimum Gasteiger partial charge on any atom is -0.393 e. The molecular weight excluding hydrogens is 232 g/mol. The van der Waals surface area contributed by atoms with Crippen molar-refractivity contribution in [2.24, 2.45) is 0 Å². The molecule has 0 saturated carbocycles. The quantitative estimate of drug-likeness (QED) is 0.740. The molecule has 3 heterocycles. The van der Waals surface area contributed by atoms with E-state index in [0.29, 0.717) is 24.4 Å². The van der Waals surface area contributed by atoms with Crippen LogP contribution in [0, 0.1) is 0 Å². The second-order valence-corrected chi connectivity index (χ2v) is 5.05. The molecule has 6 heteroatoms. The molecule has 18 heavy (non-hydrogen) atoms. The monoisotopic (exact) mass is 248 g/mol. The average molecular weight is 248 g/mol. The second kappa shape index (κ2) is 4.20. The van der Waals surface area contributed by atoms with Crippen LogP contribution in [0.3, 0.4) is 0 Å². The Balaban J connectivity index is 1.83. The van der Waals surface area contributed by atoms with Crippen molar-refractivity contribution >= 4 is 11.7 Å². The summed E-state index contributed by atoms with van der Waals surface area (Å²) >= 11 is 0. The Labute approximate surface area is 105 Å². The molecule has 1 aromatic heterocycles. The number of nitrogen functional groups attached to an aromatic ring is 1. The van der Waals surface area contributed by atoms with Gasteiger partial charge < -0.3 is 15.7 Å². The lowest BCUT2D eigenvalue weighted by Gasteiger charge is -2.36. The number of nitrogens with zero attached hydrogens (tertiary/aromatic N) is 3. The van der Waals surface area contributed by atoms with Crippen LogP contribution >= 0.6 is 0 Å². The maximum atomic E-state index is 12.4. The Kier molecular flexibility index (Phi) is 2.66. The molecule has 1 amide bonds. The number of anilines is 1. The molecule has 2 unspecified atom stereocenters. The van der Waals surface area contributed by atoms with Crippen LogP contribution in [0.15, 0.2) is 12.4 Å². The minimum absolute atomic E-state index is 0.0955. The topological polar surface area (TPSA) is 92.3 Å². The zero-order valence-electron chi connectivity index (χ0n) is 9.99. The van der Waals surface area contributed by atoms with Crippen molar-refractivity contribution < 1.29 is 9.90 Å². The van der Waals surface area contributed by atoms with E-state index in [9.17, 15) is 9.90 Å². The van der Waals surface area contributed by atoms with Crippen LogP contribution in [0.2, 0.25) is 0 Å². The average Bonchev–Trinajstić information content (AvgIpc) is 2.62. The summed E-state index contributed by atoms with van der Waals surface area (Å²) in [6, 6.07) is 0.288. The van der Waals surface area contributed by atoms with Crippen LogP contribution in [-0.4, -0.2) is 44.1 Å². The van der Waals surface area contributed by atoms with Gasteiger partial charge in [0, 0.05) is 12.1 Å². The summed E-state index contributed by atoms with van der Waals surface area (Å²) < 4.78 is 0. The predicted octanol–water partition coefficient (Wildman–Crippen LogP) is 0.187. The fourth-order valence-electron chi connectivity index (χ4n) is 3.06. The Bertz CT molecular complexity index is 448. The summed E-state index contributed by atoms with van der Waals surface area (Å²) in [4.78, 5) is 22.2. The molecule has 2 saturated heterocycles. The maximum Gasteiger partial charge on any atom is 0.274 e. The van der Waals surface area contributed by atoms with Crippen molar-refractivity contribution in [2.75, 3.05) is 5.73 Å². The molecule has 1 aromatic rings. The number of hydrogen-bond acceptors (Lipinski definition) is 5. The van der Waals surface area contributed by atoms with Crippen LogP contribution in [0.1, 0.15) is 36.2 Å². The molecule has 0 aromatic carbocycles. The van der Waals surface area contributed by atoms with Crippen molar-refractivity contribution in [3.8, 4) is 0 Å². The lowest BCUT2D eigenvalue weighted by molar-refractivity contribution is 0.0282. The number of fused-ring (bicyclic) bond motifs is 2. The largest absolute Gasteiger partial charge is 0.393 e. The first-order valence-corrected chi connectivity index (χ1v) is 6.23. The molecule has 3 rings (SSSR count). The molecule has 0 spiro atoms. The number of carbonyl (C=O) groups is 1. The standard InChI is InChI=1S/C12H16N4O2/c13-11-6-14-10(5-15-11)12(18)16-7-1-2-8(16)4-9(17)3-7/h5-9,17H,1-4H2,(H2,13,15). The lowest BCUT2D eigenvalue weighted by atomic mass is 9.99. The van der Waals surface area contributed by atoms with Crippen molar-refractivity contribution in [2.45, 2.75) is 43.9 Å². The van der Waals surface area contributed by atoms with Gasteiger partial charge in [-0.3, -0.25) is 4.79 Å². The third kappa shape index (κ3) is 1.82. The van der Waals surface area contributed by atoms with Gasteiger partial charge in [-0.2, -0.15) is 0 Å². The van der Waals surface area contributed by atoms with Crippen molar-refractivity contribution in [3.63, 3.8) is 0 Å². The van der Waals surface area contributed by atoms with Crippen LogP contribution < -0.4 is 5.73 Å². The Hall–Kier alpha value is -1.69. The molecule has 2 atom stereocenters. The summed E-state index contributed by atoms with van der Waals surface area (Å²) in [6.45, 7) is 0. The van der Waals surface area contributed by atoms with Gasteiger partial charge in [-0.05, 0) is 25.7 Å². The Morgan fingerprint density at radius 2 is 1.94 bits per heavy atom. The van der Waals surface area contributed by atoms with Gasteiger partial charge in [-0.15, -0.1) is 0 Å². The SMILES string of the molecule is Nc1cnc(C(=O)N2C3CCC2CC(O)C3)cn1. The normalized spacial score (nSPS) is 30.5. The highest BCUT2D eigenvalue weighted by Crippen LogP contribution is 2.36. The fraction of sp³-hybridized carbons (Fsp3) is 0.583. The van der Waals surface area contributed by atoms with Crippen molar-refractivity contribution in [1.29, 1.82) is 0 Å². The maximum absolute atomic E-state index is 12.4. The van der Waals surface area contributed by atoms with Gasteiger partial charge in [0.2, 0.25) is 0 Å². The highest BCUT2D eigenvalue weighted by Gasteiger charge is 2.43. The van der Waals surface area contributed by atoms with Crippen LogP contribution in [0.25, 0.3) is 0 Å².